The van der Waals surface area contributed by atoms with Crippen molar-refractivity contribution in [3.05, 3.63) is 60.7 Å². The molecule has 5 nitrogen and oxygen atoms in total. The summed E-state index contributed by atoms with van der Waals surface area (Å²) in [5.74, 6) is 0. The maximum Gasteiger partial charge on any atom is 0.137 e. The van der Waals surface area contributed by atoms with Gasteiger partial charge in [-0.2, -0.15) is 5.10 Å². The molecule has 106 valence electrons. The van der Waals surface area contributed by atoms with Crippen LogP contribution in [-0.4, -0.2) is 27.1 Å². The highest BCUT2D eigenvalue weighted by Gasteiger charge is 2.07. The molecule has 5 heteroatoms. The SMILES string of the molecule is CCO/N=C(\Cn1cncn1)c1ccc2ccccc2c1. The molecule has 0 spiro atoms. The van der Waals surface area contributed by atoms with E-state index in [4.69, 9.17) is 4.84 Å². The van der Waals surface area contributed by atoms with Gasteiger partial charge in [0.25, 0.3) is 0 Å². The van der Waals surface area contributed by atoms with Crippen LogP contribution in [0.4, 0.5) is 0 Å². The topological polar surface area (TPSA) is 52.3 Å². The first-order valence-electron chi connectivity index (χ1n) is 6.87. The number of rotatable bonds is 5. The van der Waals surface area contributed by atoms with Gasteiger partial charge in [0.2, 0.25) is 0 Å². The molecule has 0 amide bonds. The Kier molecular flexibility index (Phi) is 3.91. The Morgan fingerprint density at radius 2 is 2.05 bits per heavy atom. The second-order valence-electron chi connectivity index (χ2n) is 4.61. The van der Waals surface area contributed by atoms with E-state index >= 15 is 0 Å². The highest BCUT2D eigenvalue weighted by Crippen LogP contribution is 2.16. The number of hydrogen-bond donors (Lipinski definition) is 0. The summed E-state index contributed by atoms with van der Waals surface area (Å²) < 4.78 is 1.73. The van der Waals surface area contributed by atoms with Crippen molar-refractivity contribution < 1.29 is 4.84 Å². The van der Waals surface area contributed by atoms with Crippen molar-refractivity contribution in [3.8, 4) is 0 Å². The van der Waals surface area contributed by atoms with Gasteiger partial charge in [-0.05, 0) is 23.8 Å². The quantitative estimate of drug-likeness (QED) is 0.533. The van der Waals surface area contributed by atoms with E-state index in [9.17, 15) is 0 Å². The summed E-state index contributed by atoms with van der Waals surface area (Å²) in [7, 11) is 0. The average Bonchev–Trinajstić information content (AvgIpc) is 3.04. The Bertz CT molecular complexity index is 750. The van der Waals surface area contributed by atoms with Crippen molar-refractivity contribution in [1.82, 2.24) is 14.8 Å². The van der Waals surface area contributed by atoms with Crippen LogP contribution in [0.1, 0.15) is 12.5 Å². The van der Waals surface area contributed by atoms with Crippen LogP contribution in [-0.2, 0) is 11.4 Å². The van der Waals surface area contributed by atoms with E-state index in [0.717, 1.165) is 11.3 Å². The van der Waals surface area contributed by atoms with E-state index in [0.29, 0.717) is 13.2 Å². The zero-order chi connectivity index (χ0) is 14.5. The van der Waals surface area contributed by atoms with Crippen LogP contribution in [0.25, 0.3) is 10.8 Å². The van der Waals surface area contributed by atoms with Gasteiger partial charge in [-0.15, -0.1) is 0 Å². The van der Waals surface area contributed by atoms with Crippen molar-refractivity contribution in [3.63, 3.8) is 0 Å². The van der Waals surface area contributed by atoms with Gasteiger partial charge >= 0.3 is 0 Å². The van der Waals surface area contributed by atoms with Gasteiger partial charge in [0.15, 0.2) is 0 Å². The molecule has 3 aromatic rings. The minimum atomic E-state index is 0.526. The number of aromatic nitrogens is 3. The second kappa shape index (κ2) is 6.17. The van der Waals surface area contributed by atoms with Gasteiger partial charge < -0.3 is 4.84 Å². The standard InChI is InChI=1S/C16H16N4O/c1-2-21-19-16(10-20-12-17-11-18-20)15-8-7-13-5-3-4-6-14(13)9-15/h3-9,11-12H,2,10H2,1H3/b19-16+. The van der Waals surface area contributed by atoms with Crippen LogP contribution in [0.15, 0.2) is 60.3 Å². The fraction of sp³-hybridized carbons (Fsp3) is 0.188. The third-order valence-corrected chi connectivity index (χ3v) is 3.16. The van der Waals surface area contributed by atoms with E-state index in [-0.39, 0.29) is 0 Å². The molecule has 0 bridgehead atoms. The van der Waals surface area contributed by atoms with E-state index < -0.39 is 0 Å². The Balaban J connectivity index is 1.97. The van der Waals surface area contributed by atoms with E-state index in [1.165, 1.54) is 17.1 Å². The van der Waals surface area contributed by atoms with Crippen LogP contribution in [0.5, 0.6) is 0 Å². The normalized spacial score (nSPS) is 11.8. The molecular weight excluding hydrogens is 264 g/mol. The molecule has 0 radical (unpaired) electrons. The summed E-state index contributed by atoms with van der Waals surface area (Å²) >= 11 is 0. The largest absolute Gasteiger partial charge is 0.396 e. The molecule has 1 aromatic heterocycles. The molecule has 0 aliphatic carbocycles. The zero-order valence-corrected chi connectivity index (χ0v) is 11.8. The molecule has 2 aromatic carbocycles. The molecule has 0 fully saturated rings. The Hall–Kier alpha value is -2.69. The van der Waals surface area contributed by atoms with Gasteiger partial charge in [0.05, 0.1) is 6.54 Å². The molecule has 0 aliphatic heterocycles. The van der Waals surface area contributed by atoms with Crippen LogP contribution < -0.4 is 0 Å². The summed E-state index contributed by atoms with van der Waals surface area (Å²) in [5, 5.41) is 10.7. The molecule has 0 unspecified atom stereocenters. The monoisotopic (exact) mass is 280 g/mol. The molecule has 21 heavy (non-hydrogen) atoms. The van der Waals surface area contributed by atoms with Crippen molar-refractivity contribution in [2.45, 2.75) is 13.5 Å². The van der Waals surface area contributed by atoms with Crippen LogP contribution in [0.2, 0.25) is 0 Å². The molecule has 0 N–H and O–H groups in total. The summed E-state index contributed by atoms with van der Waals surface area (Å²) in [5.41, 5.74) is 1.85. The van der Waals surface area contributed by atoms with E-state index in [2.05, 4.69) is 45.6 Å². The maximum atomic E-state index is 5.24. The summed E-state index contributed by atoms with van der Waals surface area (Å²) in [6, 6.07) is 14.5. The number of nitrogens with zero attached hydrogens (tertiary/aromatic N) is 4. The third-order valence-electron chi connectivity index (χ3n) is 3.16. The molecule has 0 atom stereocenters. The van der Waals surface area contributed by atoms with Crippen LogP contribution >= 0.6 is 0 Å². The van der Waals surface area contributed by atoms with Crippen LogP contribution in [0.3, 0.4) is 0 Å². The summed E-state index contributed by atoms with van der Waals surface area (Å²) in [4.78, 5) is 9.19. The molecule has 0 saturated carbocycles. The first kappa shape index (κ1) is 13.3. The third kappa shape index (κ3) is 3.08. The van der Waals surface area contributed by atoms with Gasteiger partial charge in [0.1, 0.15) is 25.0 Å². The average molecular weight is 280 g/mol. The second-order valence-corrected chi connectivity index (χ2v) is 4.61. The van der Waals surface area contributed by atoms with Gasteiger partial charge in [0, 0.05) is 5.56 Å². The number of benzene rings is 2. The summed E-state index contributed by atoms with van der Waals surface area (Å²) in [6.45, 7) is 2.98. The van der Waals surface area contributed by atoms with Crippen molar-refractivity contribution >= 4 is 16.5 Å². The zero-order valence-electron chi connectivity index (χ0n) is 11.8. The van der Waals surface area contributed by atoms with E-state index in [1.54, 1.807) is 11.0 Å². The first-order chi connectivity index (χ1) is 10.4. The Morgan fingerprint density at radius 3 is 2.81 bits per heavy atom. The number of hydrogen-bond acceptors (Lipinski definition) is 4. The van der Waals surface area contributed by atoms with Crippen molar-refractivity contribution in [2.75, 3.05) is 6.61 Å². The lowest BCUT2D eigenvalue weighted by atomic mass is 10.0. The maximum absolute atomic E-state index is 5.24. The predicted molar refractivity (Wildman–Crippen MR) is 82.1 cm³/mol. The first-order valence-corrected chi connectivity index (χ1v) is 6.87. The van der Waals surface area contributed by atoms with E-state index in [1.807, 2.05) is 19.1 Å². The smallest absolute Gasteiger partial charge is 0.137 e. The molecule has 3 rings (SSSR count). The molecular formula is C16H16N4O. The van der Waals surface area contributed by atoms with Gasteiger partial charge in [-0.3, -0.25) is 0 Å². The van der Waals surface area contributed by atoms with Crippen LogP contribution in [0, 0.1) is 0 Å². The Labute approximate surface area is 122 Å². The van der Waals surface area contributed by atoms with Crippen molar-refractivity contribution in [2.24, 2.45) is 5.16 Å². The lowest BCUT2D eigenvalue weighted by Crippen LogP contribution is -2.13. The fourth-order valence-electron chi connectivity index (χ4n) is 2.15. The highest BCUT2D eigenvalue weighted by molar-refractivity contribution is 6.03. The molecule has 1 heterocycles. The van der Waals surface area contributed by atoms with Gasteiger partial charge in [-0.1, -0.05) is 41.6 Å². The number of oxime groups is 1. The Morgan fingerprint density at radius 1 is 1.19 bits per heavy atom. The highest BCUT2D eigenvalue weighted by atomic mass is 16.6. The minimum absolute atomic E-state index is 0.526. The lowest BCUT2D eigenvalue weighted by molar-refractivity contribution is 0.158. The minimum Gasteiger partial charge on any atom is -0.396 e. The predicted octanol–water partition coefficient (Wildman–Crippen LogP) is 2.87. The van der Waals surface area contributed by atoms with Crippen molar-refractivity contribution in [1.29, 1.82) is 0 Å². The fourth-order valence-corrected chi connectivity index (χ4v) is 2.15. The summed E-state index contributed by atoms with van der Waals surface area (Å²) in [6.07, 6.45) is 3.18. The number of fused-ring (bicyclic) bond motifs is 1. The van der Waals surface area contributed by atoms with Gasteiger partial charge in [-0.25, -0.2) is 9.67 Å². The molecule has 0 aliphatic rings. The lowest BCUT2D eigenvalue weighted by Gasteiger charge is -2.08. The molecule has 0 saturated heterocycles.